The van der Waals surface area contributed by atoms with Crippen LogP contribution in [0.1, 0.15) is 17.2 Å². The number of alkyl halides is 3. The van der Waals surface area contributed by atoms with Gasteiger partial charge in [-0.15, -0.1) is 0 Å². The normalized spacial score (nSPS) is 12.8. The van der Waals surface area contributed by atoms with Crippen molar-refractivity contribution in [1.29, 1.82) is 0 Å². The summed E-state index contributed by atoms with van der Waals surface area (Å²) in [4.78, 5) is 0. The highest BCUT2D eigenvalue weighted by Crippen LogP contribution is 2.35. The molecule has 0 aliphatic rings. The number of hydrogen-bond donors (Lipinski definition) is 1. The number of nitrogens with two attached hydrogens (primary N) is 1. The molecule has 23 heavy (non-hydrogen) atoms. The monoisotopic (exact) mass is 329 g/mol. The van der Waals surface area contributed by atoms with Crippen molar-refractivity contribution in [3.63, 3.8) is 0 Å². The molecule has 0 fully saturated rings. The third kappa shape index (κ3) is 4.35. The molecule has 0 saturated carbocycles. The van der Waals surface area contributed by atoms with E-state index >= 15 is 0 Å². The van der Waals surface area contributed by atoms with Crippen LogP contribution in [0.2, 0.25) is 0 Å². The van der Waals surface area contributed by atoms with Crippen LogP contribution in [0.25, 0.3) is 0 Å². The van der Waals surface area contributed by atoms with E-state index in [0.29, 0.717) is 5.56 Å². The van der Waals surface area contributed by atoms with E-state index in [9.17, 15) is 17.6 Å². The molecular formula is C16H15F4NO2. The Morgan fingerprint density at radius 2 is 1.70 bits per heavy atom. The highest BCUT2D eigenvalue weighted by atomic mass is 19.4. The fourth-order valence-corrected chi connectivity index (χ4v) is 1.93. The standard InChI is InChI=1S/C16H15F4NO2/c1-22-14-8-11(15(21)16(18,19)20)4-7-13(14)23-9-10-2-5-12(17)6-3-10/h2-8,15H,9,21H2,1H3/t15-/m1/s1. The van der Waals surface area contributed by atoms with Gasteiger partial charge < -0.3 is 15.2 Å². The minimum Gasteiger partial charge on any atom is -0.493 e. The number of halogens is 4. The summed E-state index contributed by atoms with van der Waals surface area (Å²) in [6, 6.07) is 7.39. The zero-order chi connectivity index (χ0) is 17.0. The van der Waals surface area contributed by atoms with E-state index in [1.165, 1.54) is 37.4 Å². The lowest BCUT2D eigenvalue weighted by Gasteiger charge is -2.18. The lowest BCUT2D eigenvalue weighted by molar-refractivity contribution is -0.149. The molecule has 0 aromatic heterocycles. The molecule has 0 unspecified atom stereocenters. The van der Waals surface area contributed by atoms with Gasteiger partial charge in [0.25, 0.3) is 0 Å². The third-order valence-electron chi connectivity index (χ3n) is 3.21. The van der Waals surface area contributed by atoms with Crippen molar-refractivity contribution < 1.29 is 27.0 Å². The molecule has 0 amide bonds. The van der Waals surface area contributed by atoms with Crippen LogP contribution in [0.5, 0.6) is 11.5 Å². The smallest absolute Gasteiger partial charge is 0.407 e. The summed E-state index contributed by atoms with van der Waals surface area (Å²) in [6.45, 7) is 0.126. The summed E-state index contributed by atoms with van der Waals surface area (Å²) in [5.41, 5.74) is 5.76. The van der Waals surface area contributed by atoms with Gasteiger partial charge >= 0.3 is 6.18 Å². The molecule has 2 N–H and O–H groups in total. The Labute approximate surface area is 130 Å². The summed E-state index contributed by atoms with van der Waals surface area (Å²) in [6.07, 6.45) is -4.54. The molecule has 0 spiro atoms. The second kappa shape index (κ2) is 6.87. The Morgan fingerprint density at radius 1 is 1.04 bits per heavy atom. The van der Waals surface area contributed by atoms with Crippen LogP contribution < -0.4 is 15.2 Å². The molecule has 7 heteroatoms. The fourth-order valence-electron chi connectivity index (χ4n) is 1.93. The van der Waals surface area contributed by atoms with Gasteiger partial charge in [-0.3, -0.25) is 0 Å². The number of benzene rings is 2. The first-order valence-electron chi connectivity index (χ1n) is 6.68. The third-order valence-corrected chi connectivity index (χ3v) is 3.21. The molecule has 0 radical (unpaired) electrons. The molecule has 2 rings (SSSR count). The van der Waals surface area contributed by atoms with Crippen molar-refractivity contribution >= 4 is 0 Å². The van der Waals surface area contributed by atoms with Gasteiger partial charge in [-0.2, -0.15) is 13.2 Å². The van der Waals surface area contributed by atoms with Crippen LogP contribution in [0, 0.1) is 5.82 Å². The maximum absolute atomic E-state index is 12.8. The minimum absolute atomic E-state index is 0.122. The van der Waals surface area contributed by atoms with Gasteiger partial charge in [-0.05, 0) is 35.4 Å². The molecule has 0 heterocycles. The molecule has 0 saturated heterocycles. The summed E-state index contributed by atoms with van der Waals surface area (Å²) in [5.74, 6) is 0.0519. The van der Waals surface area contributed by atoms with Crippen molar-refractivity contribution in [2.75, 3.05) is 7.11 Å². The Bertz CT molecular complexity index is 656. The second-order valence-corrected chi connectivity index (χ2v) is 4.84. The highest BCUT2D eigenvalue weighted by molar-refractivity contribution is 5.44. The largest absolute Gasteiger partial charge is 0.493 e. The molecule has 2 aromatic carbocycles. The molecular weight excluding hydrogens is 314 g/mol. The van der Waals surface area contributed by atoms with Crippen LogP contribution in [-0.4, -0.2) is 13.3 Å². The molecule has 0 aliphatic heterocycles. The Balaban J connectivity index is 2.15. The van der Waals surface area contributed by atoms with Gasteiger partial charge in [0.2, 0.25) is 0 Å². The van der Waals surface area contributed by atoms with Crippen molar-refractivity contribution in [2.24, 2.45) is 5.73 Å². The molecule has 0 bridgehead atoms. The quantitative estimate of drug-likeness (QED) is 0.844. The number of rotatable bonds is 5. The van der Waals surface area contributed by atoms with Gasteiger partial charge in [0.15, 0.2) is 11.5 Å². The first kappa shape index (κ1) is 17.1. The molecule has 3 nitrogen and oxygen atoms in total. The second-order valence-electron chi connectivity index (χ2n) is 4.84. The van der Waals surface area contributed by atoms with E-state index in [1.807, 2.05) is 0 Å². The zero-order valence-corrected chi connectivity index (χ0v) is 12.2. The predicted molar refractivity (Wildman–Crippen MR) is 76.7 cm³/mol. The number of methoxy groups -OCH3 is 1. The summed E-state index contributed by atoms with van der Waals surface area (Å²) in [5, 5.41) is 0. The van der Waals surface area contributed by atoms with E-state index in [-0.39, 0.29) is 29.5 Å². The lowest BCUT2D eigenvalue weighted by Crippen LogP contribution is -2.28. The van der Waals surface area contributed by atoms with Gasteiger partial charge in [-0.25, -0.2) is 4.39 Å². The maximum atomic E-state index is 12.8. The summed E-state index contributed by atoms with van der Waals surface area (Å²) in [7, 11) is 1.32. The number of ether oxygens (including phenoxy) is 2. The average molecular weight is 329 g/mol. The first-order chi connectivity index (χ1) is 10.8. The number of hydrogen-bond acceptors (Lipinski definition) is 3. The summed E-state index contributed by atoms with van der Waals surface area (Å²) < 4.78 is 61.3. The molecule has 0 aliphatic carbocycles. The topological polar surface area (TPSA) is 44.5 Å². The van der Waals surface area contributed by atoms with Crippen LogP contribution in [0.15, 0.2) is 42.5 Å². The van der Waals surface area contributed by atoms with Gasteiger partial charge in [0, 0.05) is 0 Å². The highest BCUT2D eigenvalue weighted by Gasteiger charge is 2.38. The predicted octanol–water partition coefficient (Wildman–Crippen LogP) is 3.98. The zero-order valence-electron chi connectivity index (χ0n) is 12.2. The summed E-state index contributed by atoms with van der Waals surface area (Å²) >= 11 is 0. The average Bonchev–Trinajstić information content (AvgIpc) is 2.52. The van der Waals surface area contributed by atoms with E-state index in [1.54, 1.807) is 12.1 Å². The minimum atomic E-state index is -4.54. The van der Waals surface area contributed by atoms with Crippen molar-refractivity contribution in [2.45, 2.75) is 18.8 Å². The van der Waals surface area contributed by atoms with E-state index in [0.717, 1.165) is 0 Å². The van der Waals surface area contributed by atoms with Crippen molar-refractivity contribution in [3.8, 4) is 11.5 Å². The van der Waals surface area contributed by atoms with Crippen molar-refractivity contribution in [1.82, 2.24) is 0 Å². The van der Waals surface area contributed by atoms with Crippen LogP contribution in [-0.2, 0) is 6.61 Å². The molecule has 2 aromatic rings. The van der Waals surface area contributed by atoms with E-state index in [2.05, 4.69) is 0 Å². The maximum Gasteiger partial charge on any atom is 0.407 e. The fraction of sp³-hybridized carbons (Fsp3) is 0.250. The van der Waals surface area contributed by atoms with Crippen molar-refractivity contribution in [3.05, 3.63) is 59.4 Å². The van der Waals surface area contributed by atoms with E-state index in [4.69, 9.17) is 15.2 Å². The van der Waals surface area contributed by atoms with Gasteiger partial charge in [0.05, 0.1) is 7.11 Å². The van der Waals surface area contributed by atoms with Crippen LogP contribution in [0.3, 0.4) is 0 Å². The Morgan fingerprint density at radius 3 is 2.26 bits per heavy atom. The van der Waals surface area contributed by atoms with Gasteiger partial charge in [0.1, 0.15) is 18.5 Å². The lowest BCUT2D eigenvalue weighted by atomic mass is 10.1. The Kier molecular flexibility index (Phi) is 5.10. The first-order valence-corrected chi connectivity index (χ1v) is 6.68. The van der Waals surface area contributed by atoms with Crippen LogP contribution in [0.4, 0.5) is 17.6 Å². The molecule has 1 atom stereocenters. The van der Waals surface area contributed by atoms with E-state index < -0.39 is 12.2 Å². The van der Waals surface area contributed by atoms with Crippen LogP contribution >= 0.6 is 0 Å². The van der Waals surface area contributed by atoms with Gasteiger partial charge in [-0.1, -0.05) is 18.2 Å². The Hall–Kier alpha value is -2.28. The molecule has 124 valence electrons. The SMILES string of the molecule is COc1cc([C@@H](N)C(F)(F)F)ccc1OCc1ccc(F)cc1.